The molecular formula is C59H47NS. The average molecular weight is 802 g/mol. The van der Waals surface area contributed by atoms with Crippen LogP contribution in [0.2, 0.25) is 0 Å². The average Bonchev–Trinajstić information content (AvgIpc) is 3.78. The topological polar surface area (TPSA) is 3.24 Å². The van der Waals surface area contributed by atoms with Crippen LogP contribution in [0.4, 0.5) is 17.1 Å². The Morgan fingerprint density at radius 3 is 1.80 bits per heavy atom. The lowest BCUT2D eigenvalue weighted by Gasteiger charge is -2.30. The summed E-state index contributed by atoms with van der Waals surface area (Å²) in [6.07, 6.45) is 0. The smallest absolute Gasteiger partial charge is 0.0546 e. The molecule has 0 radical (unpaired) electrons. The molecule has 0 saturated carbocycles. The van der Waals surface area contributed by atoms with Crippen LogP contribution in [0, 0.1) is 0 Å². The molecule has 0 unspecified atom stereocenters. The number of thiophene rings is 1. The van der Waals surface area contributed by atoms with Crippen molar-refractivity contribution in [2.75, 3.05) is 4.90 Å². The molecule has 0 atom stereocenters. The van der Waals surface area contributed by atoms with Crippen LogP contribution in [-0.4, -0.2) is 0 Å². The summed E-state index contributed by atoms with van der Waals surface area (Å²) in [4.78, 5) is 2.49. The number of anilines is 3. The van der Waals surface area contributed by atoms with Gasteiger partial charge in [-0.25, -0.2) is 0 Å². The zero-order valence-electron chi connectivity index (χ0n) is 35.3. The van der Waals surface area contributed by atoms with E-state index >= 15 is 0 Å². The van der Waals surface area contributed by atoms with Crippen LogP contribution in [0.1, 0.15) is 51.3 Å². The summed E-state index contributed by atoms with van der Waals surface area (Å²) in [6.45, 7) is 11.5. The number of hydrogen-bond donors (Lipinski definition) is 0. The zero-order valence-corrected chi connectivity index (χ0v) is 36.1. The van der Waals surface area contributed by atoms with E-state index in [4.69, 9.17) is 0 Å². The van der Waals surface area contributed by atoms with Crippen LogP contribution in [0.15, 0.2) is 194 Å². The fraction of sp³-hybridized carbons (Fsp3) is 0.119. The Hall–Kier alpha value is -6.74. The van der Waals surface area contributed by atoms with Gasteiger partial charge in [0.25, 0.3) is 0 Å². The van der Waals surface area contributed by atoms with Crippen molar-refractivity contribution < 1.29 is 0 Å². The molecule has 0 bridgehead atoms. The standard InChI is InChI=1S/C59H47NS/c1-58(2,3)43-30-25-38(26-31-43)39-27-32-44(33-28-39)60(45-34-35-49-48-15-8-10-19-52(48)59(4,5)53(49)37-45)54-36-29-40-13-6-7-14-46(40)56(54)42-23-21-41(22-24-42)47-17-12-18-51-50-16-9-11-20-55(50)61-57(47)51/h6-37H,1-5H3. The summed E-state index contributed by atoms with van der Waals surface area (Å²) in [5, 5.41) is 5.10. The first-order valence-electron chi connectivity index (χ1n) is 21.4. The molecule has 61 heavy (non-hydrogen) atoms. The molecule has 1 aromatic heterocycles. The lowest BCUT2D eigenvalue weighted by molar-refractivity contribution is 0.590. The monoisotopic (exact) mass is 801 g/mol. The molecular weight excluding hydrogens is 755 g/mol. The normalized spacial score (nSPS) is 13.1. The third kappa shape index (κ3) is 6.20. The Balaban J connectivity index is 1.08. The molecule has 2 heteroatoms. The SMILES string of the molecule is CC(C)(C)c1ccc(-c2ccc(N(c3ccc4c(c3)C(C)(C)c3ccccc3-4)c3ccc4ccccc4c3-c3ccc(-c4cccc5c4sc4ccccc45)cc3)cc2)cc1. The van der Waals surface area contributed by atoms with Gasteiger partial charge in [-0.15, -0.1) is 11.3 Å². The fourth-order valence-corrected chi connectivity index (χ4v) is 11.0. The molecule has 10 aromatic rings. The van der Waals surface area contributed by atoms with E-state index in [1.807, 2.05) is 11.3 Å². The van der Waals surface area contributed by atoms with E-state index in [0.717, 1.165) is 17.1 Å². The minimum absolute atomic E-state index is 0.111. The molecule has 9 aromatic carbocycles. The van der Waals surface area contributed by atoms with Gasteiger partial charge in [-0.05, 0) is 108 Å². The van der Waals surface area contributed by atoms with Crippen molar-refractivity contribution in [3.05, 3.63) is 211 Å². The molecule has 1 aliphatic rings. The highest BCUT2D eigenvalue weighted by Gasteiger charge is 2.36. The van der Waals surface area contributed by atoms with Crippen molar-refractivity contribution in [1.82, 2.24) is 0 Å². The minimum atomic E-state index is -0.129. The van der Waals surface area contributed by atoms with Crippen LogP contribution in [0.5, 0.6) is 0 Å². The first-order chi connectivity index (χ1) is 29.6. The molecule has 294 valence electrons. The second-order valence-corrected chi connectivity index (χ2v) is 19.2. The second-order valence-electron chi connectivity index (χ2n) is 18.1. The van der Waals surface area contributed by atoms with Gasteiger partial charge in [-0.2, -0.15) is 0 Å². The molecule has 11 rings (SSSR count). The predicted molar refractivity (Wildman–Crippen MR) is 264 cm³/mol. The summed E-state index contributed by atoms with van der Waals surface area (Å²) >= 11 is 1.89. The molecule has 0 fully saturated rings. The number of hydrogen-bond acceptors (Lipinski definition) is 2. The van der Waals surface area contributed by atoms with Crippen molar-refractivity contribution in [2.24, 2.45) is 0 Å². The maximum absolute atomic E-state index is 2.49. The van der Waals surface area contributed by atoms with E-state index in [1.165, 1.54) is 92.1 Å². The predicted octanol–water partition coefficient (Wildman–Crippen LogP) is 17.3. The molecule has 1 aliphatic carbocycles. The molecule has 0 spiro atoms. The van der Waals surface area contributed by atoms with Gasteiger partial charge in [-0.3, -0.25) is 0 Å². The number of fused-ring (bicyclic) bond motifs is 7. The van der Waals surface area contributed by atoms with Gasteiger partial charge in [0.15, 0.2) is 0 Å². The largest absolute Gasteiger partial charge is 0.310 e. The number of benzene rings is 9. The van der Waals surface area contributed by atoms with Gasteiger partial charge in [-0.1, -0.05) is 192 Å². The third-order valence-electron chi connectivity index (χ3n) is 13.1. The van der Waals surface area contributed by atoms with Crippen LogP contribution in [0.3, 0.4) is 0 Å². The number of nitrogens with zero attached hydrogens (tertiary/aromatic N) is 1. The summed E-state index contributed by atoms with van der Waals surface area (Å²) in [7, 11) is 0. The summed E-state index contributed by atoms with van der Waals surface area (Å²) in [5.41, 5.74) is 17.5. The first kappa shape index (κ1) is 37.3. The van der Waals surface area contributed by atoms with Crippen LogP contribution in [-0.2, 0) is 10.8 Å². The van der Waals surface area contributed by atoms with Crippen LogP contribution in [0.25, 0.3) is 75.5 Å². The fourth-order valence-electron chi connectivity index (χ4n) is 9.76. The van der Waals surface area contributed by atoms with E-state index < -0.39 is 0 Å². The van der Waals surface area contributed by atoms with E-state index in [2.05, 4.69) is 234 Å². The number of rotatable bonds is 6. The quantitative estimate of drug-likeness (QED) is 0.162. The van der Waals surface area contributed by atoms with E-state index in [0.29, 0.717) is 0 Å². The molecule has 0 aliphatic heterocycles. The highest BCUT2D eigenvalue weighted by molar-refractivity contribution is 7.26. The minimum Gasteiger partial charge on any atom is -0.310 e. The molecule has 0 amide bonds. The highest BCUT2D eigenvalue weighted by atomic mass is 32.1. The molecule has 0 saturated heterocycles. The Morgan fingerprint density at radius 1 is 0.443 bits per heavy atom. The summed E-state index contributed by atoms with van der Waals surface area (Å²) in [6, 6.07) is 72.5. The van der Waals surface area contributed by atoms with Gasteiger partial charge in [0.1, 0.15) is 0 Å². The maximum atomic E-state index is 2.49. The third-order valence-corrected chi connectivity index (χ3v) is 14.3. The molecule has 1 heterocycles. The first-order valence-corrected chi connectivity index (χ1v) is 22.2. The van der Waals surface area contributed by atoms with Gasteiger partial charge < -0.3 is 4.90 Å². The Labute approximate surface area is 363 Å². The second kappa shape index (κ2) is 14.2. The van der Waals surface area contributed by atoms with Gasteiger partial charge in [0, 0.05) is 42.5 Å². The molecule has 0 N–H and O–H groups in total. The van der Waals surface area contributed by atoms with Crippen LogP contribution < -0.4 is 4.90 Å². The van der Waals surface area contributed by atoms with E-state index in [-0.39, 0.29) is 10.8 Å². The van der Waals surface area contributed by atoms with Gasteiger partial charge in [0.2, 0.25) is 0 Å². The molecule has 1 nitrogen and oxygen atoms in total. The van der Waals surface area contributed by atoms with Crippen molar-refractivity contribution in [2.45, 2.75) is 45.4 Å². The van der Waals surface area contributed by atoms with E-state index in [1.54, 1.807) is 0 Å². The van der Waals surface area contributed by atoms with Crippen molar-refractivity contribution >= 4 is 59.3 Å². The lowest BCUT2D eigenvalue weighted by Crippen LogP contribution is -2.17. The Bertz CT molecular complexity index is 3290. The summed E-state index contributed by atoms with van der Waals surface area (Å²) < 4.78 is 2.66. The van der Waals surface area contributed by atoms with Gasteiger partial charge >= 0.3 is 0 Å². The van der Waals surface area contributed by atoms with Crippen molar-refractivity contribution in [3.8, 4) is 44.5 Å². The Kier molecular flexibility index (Phi) is 8.67. The summed E-state index contributed by atoms with van der Waals surface area (Å²) in [5.74, 6) is 0. The maximum Gasteiger partial charge on any atom is 0.0546 e. The highest BCUT2D eigenvalue weighted by Crippen LogP contribution is 2.52. The van der Waals surface area contributed by atoms with Crippen LogP contribution >= 0.6 is 11.3 Å². The van der Waals surface area contributed by atoms with Gasteiger partial charge in [0.05, 0.1) is 5.69 Å². The Morgan fingerprint density at radius 2 is 1.03 bits per heavy atom. The lowest BCUT2D eigenvalue weighted by atomic mass is 9.82. The van der Waals surface area contributed by atoms with Crippen molar-refractivity contribution in [1.29, 1.82) is 0 Å². The van der Waals surface area contributed by atoms with E-state index in [9.17, 15) is 0 Å². The zero-order chi connectivity index (χ0) is 41.5. The van der Waals surface area contributed by atoms with Crippen molar-refractivity contribution in [3.63, 3.8) is 0 Å².